The quantitative estimate of drug-likeness (QED) is 0.923. The molecule has 1 aromatic rings. The van der Waals surface area contributed by atoms with Crippen molar-refractivity contribution in [3.05, 3.63) is 11.7 Å². The molecule has 0 saturated heterocycles. The summed E-state index contributed by atoms with van der Waals surface area (Å²) in [6, 6.07) is 0. The Morgan fingerprint density at radius 3 is 2.45 bits per heavy atom. The molecule has 1 aliphatic carbocycles. The number of nitrogens with one attached hydrogen (secondary N) is 1. The van der Waals surface area contributed by atoms with E-state index in [1.807, 2.05) is 0 Å². The number of hydrogen-bond acceptors (Lipinski definition) is 4. The maximum atomic E-state index is 12.3. The Morgan fingerprint density at radius 1 is 1.30 bits per heavy atom. The van der Waals surface area contributed by atoms with Crippen LogP contribution in [0.15, 0.2) is 4.52 Å². The van der Waals surface area contributed by atoms with Crippen molar-refractivity contribution in [1.29, 1.82) is 0 Å². The Balaban J connectivity index is 2.18. The molecule has 1 aliphatic rings. The van der Waals surface area contributed by atoms with Gasteiger partial charge in [-0.1, -0.05) is 45.2 Å². The molecule has 0 aliphatic heterocycles. The van der Waals surface area contributed by atoms with E-state index in [2.05, 4.69) is 36.2 Å². The molecule has 0 unspecified atom stereocenters. The van der Waals surface area contributed by atoms with Gasteiger partial charge in [-0.25, -0.2) is 0 Å². The molecule has 1 amide bonds. The lowest BCUT2D eigenvalue weighted by Gasteiger charge is -2.36. The number of aryl methyl sites for hydroxylation is 1. The number of rotatable bonds is 3. The highest BCUT2D eigenvalue weighted by Crippen LogP contribution is 2.36. The molecule has 2 rings (SSSR count). The van der Waals surface area contributed by atoms with Crippen LogP contribution >= 0.6 is 0 Å². The molecular weight excluding hydrogens is 254 g/mol. The fraction of sp³-hybridized carbons (Fsp3) is 0.800. The van der Waals surface area contributed by atoms with Gasteiger partial charge in [0, 0.05) is 13.3 Å². The Morgan fingerprint density at radius 2 is 1.95 bits per heavy atom. The maximum absolute atomic E-state index is 12.3. The molecule has 1 saturated carbocycles. The first-order valence-electron chi connectivity index (χ1n) is 7.43. The van der Waals surface area contributed by atoms with Gasteiger partial charge in [-0.2, -0.15) is 4.98 Å². The number of amides is 1. The van der Waals surface area contributed by atoms with Crippen LogP contribution in [0.3, 0.4) is 0 Å². The predicted octanol–water partition coefficient (Wildman–Crippen LogP) is 3.09. The first-order valence-corrected chi connectivity index (χ1v) is 7.43. The number of hydrogen-bond donors (Lipinski definition) is 1. The molecule has 5 nitrogen and oxygen atoms in total. The summed E-state index contributed by atoms with van der Waals surface area (Å²) < 4.78 is 5.11. The molecule has 0 aromatic carbocycles. The van der Waals surface area contributed by atoms with Gasteiger partial charge in [0.2, 0.25) is 11.8 Å². The molecule has 0 spiro atoms. The molecule has 0 bridgehead atoms. The lowest BCUT2D eigenvalue weighted by Crippen LogP contribution is -2.48. The minimum atomic E-state index is -0.432. The third-order valence-corrected chi connectivity index (χ3v) is 3.73. The highest BCUT2D eigenvalue weighted by atomic mass is 16.5. The van der Waals surface area contributed by atoms with Crippen molar-refractivity contribution < 1.29 is 9.32 Å². The molecule has 1 aromatic heterocycles. The summed E-state index contributed by atoms with van der Waals surface area (Å²) in [4.78, 5) is 16.7. The van der Waals surface area contributed by atoms with Crippen LogP contribution in [-0.4, -0.2) is 16.0 Å². The summed E-state index contributed by atoms with van der Waals surface area (Å²) in [5.41, 5.74) is -0.453. The van der Waals surface area contributed by atoms with Crippen LogP contribution < -0.4 is 5.32 Å². The van der Waals surface area contributed by atoms with E-state index in [4.69, 9.17) is 4.52 Å². The monoisotopic (exact) mass is 279 g/mol. The van der Waals surface area contributed by atoms with Gasteiger partial charge in [-0.15, -0.1) is 0 Å². The van der Waals surface area contributed by atoms with Crippen LogP contribution in [0, 0.1) is 12.3 Å². The lowest BCUT2D eigenvalue weighted by molar-refractivity contribution is -0.125. The van der Waals surface area contributed by atoms with E-state index in [9.17, 15) is 4.79 Å². The van der Waals surface area contributed by atoms with Crippen LogP contribution in [-0.2, 0) is 10.3 Å². The van der Waals surface area contributed by atoms with Gasteiger partial charge in [-0.3, -0.25) is 4.79 Å². The first kappa shape index (κ1) is 15.0. The average Bonchev–Trinajstić information content (AvgIpc) is 2.75. The Labute approximate surface area is 120 Å². The summed E-state index contributed by atoms with van der Waals surface area (Å²) in [7, 11) is 0. The molecule has 0 radical (unpaired) electrons. The van der Waals surface area contributed by atoms with E-state index in [-0.39, 0.29) is 11.3 Å². The smallest absolute Gasteiger partial charge is 0.223 e. The minimum Gasteiger partial charge on any atom is -0.343 e. The zero-order valence-electron chi connectivity index (χ0n) is 13.0. The SMILES string of the molecule is Cc1nc(C2(NC(=O)CC(C)(C)C)CCCCC2)no1. The third-order valence-electron chi connectivity index (χ3n) is 3.73. The lowest BCUT2D eigenvalue weighted by atomic mass is 9.80. The molecule has 1 N–H and O–H groups in total. The number of carbonyl (C=O) groups excluding carboxylic acids is 1. The molecule has 112 valence electrons. The standard InChI is InChI=1S/C15H25N3O2/c1-11-16-13(18-20-11)15(8-6-5-7-9-15)17-12(19)10-14(2,3)4/h5-10H2,1-4H3,(H,17,19). The fourth-order valence-corrected chi connectivity index (χ4v) is 2.85. The highest BCUT2D eigenvalue weighted by Gasteiger charge is 2.40. The second-order valence-electron chi connectivity index (χ2n) is 7.07. The second-order valence-corrected chi connectivity index (χ2v) is 7.07. The number of nitrogens with zero attached hydrogens (tertiary/aromatic N) is 2. The van der Waals surface area contributed by atoms with Crippen LogP contribution in [0.5, 0.6) is 0 Å². The van der Waals surface area contributed by atoms with Crippen LogP contribution in [0.25, 0.3) is 0 Å². The normalized spacial score (nSPS) is 18.8. The zero-order chi connectivity index (χ0) is 14.8. The van der Waals surface area contributed by atoms with Crippen LogP contribution in [0.4, 0.5) is 0 Å². The Kier molecular flexibility index (Phi) is 4.16. The zero-order valence-corrected chi connectivity index (χ0v) is 13.0. The summed E-state index contributed by atoms with van der Waals surface area (Å²) in [5.74, 6) is 1.26. The summed E-state index contributed by atoms with van der Waals surface area (Å²) in [5, 5.41) is 7.25. The summed E-state index contributed by atoms with van der Waals surface area (Å²) >= 11 is 0. The molecule has 0 atom stereocenters. The van der Waals surface area contributed by atoms with E-state index < -0.39 is 5.54 Å². The van der Waals surface area contributed by atoms with E-state index in [0.29, 0.717) is 18.1 Å². The minimum absolute atomic E-state index is 0.0207. The van der Waals surface area contributed by atoms with Gasteiger partial charge < -0.3 is 9.84 Å². The van der Waals surface area contributed by atoms with Gasteiger partial charge in [-0.05, 0) is 18.3 Å². The largest absolute Gasteiger partial charge is 0.343 e. The van der Waals surface area contributed by atoms with Gasteiger partial charge in [0.15, 0.2) is 5.82 Å². The summed E-state index contributed by atoms with van der Waals surface area (Å²) in [6.07, 6.45) is 5.66. The molecule has 1 fully saturated rings. The van der Waals surface area contributed by atoms with Gasteiger partial charge in [0.05, 0.1) is 0 Å². The van der Waals surface area contributed by atoms with E-state index in [0.717, 1.165) is 25.7 Å². The van der Waals surface area contributed by atoms with Crippen molar-refractivity contribution in [2.24, 2.45) is 5.41 Å². The van der Waals surface area contributed by atoms with Crippen molar-refractivity contribution in [1.82, 2.24) is 15.5 Å². The topological polar surface area (TPSA) is 68.0 Å². The Hall–Kier alpha value is -1.39. The molecule has 20 heavy (non-hydrogen) atoms. The van der Waals surface area contributed by atoms with E-state index in [1.165, 1.54) is 6.42 Å². The van der Waals surface area contributed by atoms with Crippen molar-refractivity contribution >= 4 is 5.91 Å². The number of carbonyl (C=O) groups is 1. The molecule has 1 heterocycles. The molecular formula is C15H25N3O2. The van der Waals surface area contributed by atoms with Gasteiger partial charge >= 0.3 is 0 Å². The van der Waals surface area contributed by atoms with E-state index >= 15 is 0 Å². The molecule has 5 heteroatoms. The maximum Gasteiger partial charge on any atom is 0.223 e. The van der Waals surface area contributed by atoms with Crippen molar-refractivity contribution in [2.45, 2.75) is 71.8 Å². The van der Waals surface area contributed by atoms with Gasteiger partial charge in [0.25, 0.3) is 0 Å². The van der Waals surface area contributed by atoms with Crippen molar-refractivity contribution in [2.75, 3.05) is 0 Å². The number of aromatic nitrogens is 2. The average molecular weight is 279 g/mol. The predicted molar refractivity (Wildman–Crippen MR) is 76.0 cm³/mol. The van der Waals surface area contributed by atoms with Crippen molar-refractivity contribution in [3.8, 4) is 0 Å². The van der Waals surface area contributed by atoms with E-state index in [1.54, 1.807) is 6.92 Å². The van der Waals surface area contributed by atoms with Gasteiger partial charge in [0.1, 0.15) is 5.54 Å². The van der Waals surface area contributed by atoms with Crippen LogP contribution in [0.1, 0.15) is 71.0 Å². The van der Waals surface area contributed by atoms with Crippen molar-refractivity contribution in [3.63, 3.8) is 0 Å². The highest BCUT2D eigenvalue weighted by molar-refractivity contribution is 5.77. The Bertz CT molecular complexity index is 468. The fourth-order valence-electron chi connectivity index (χ4n) is 2.85. The first-order chi connectivity index (χ1) is 9.31. The second kappa shape index (κ2) is 5.54. The summed E-state index contributed by atoms with van der Waals surface area (Å²) in [6.45, 7) is 7.99. The van der Waals surface area contributed by atoms with Crippen LogP contribution in [0.2, 0.25) is 0 Å². The third kappa shape index (κ3) is 3.58.